The summed E-state index contributed by atoms with van der Waals surface area (Å²) in [5.74, 6) is 0. The zero-order chi connectivity index (χ0) is 11.1. The molecule has 0 bridgehead atoms. The van der Waals surface area contributed by atoms with E-state index in [4.69, 9.17) is 31.4 Å². The van der Waals surface area contributed by atoms with Crippen LogP contribution in [0.4, 0.5) is 0 Å². The summed E-state index contributed by atoms with van der Waals surface area (Å²) < 4.78 is 27.4. The molecule has 0 aromatic carbocycles. The molecule has 0 radical (unpaired) electrons. The van der Waals surface area contributed by atoms with Gasteiger partial charge in [-0.05, 0) is 0 Å². The third-order valence-electron chi connectivity index (χ3n) is 0.421. The fourth-order valence-electron chi connectivity index (χ4n) is 0.220. The molecule has 0 aliphatic heterocycles. The van der Waals surface area contributed by atoms with E-state index >= 15 is 0 Å². The van der Waals surface area contributed by atoms with Crippen LogP contribution in [0.5, 0.6) is 0 Å². The fraction of sp³-hybridized carbons (Fsp3) is 1.00. The fourth-order valence-corrected chi connectivity index (χ4v) is 1.98. The van der Waals surface area contributed by atoms with Gasteiger partial charge in [0, 0.05) is 7.11 Å². The van der Waals surface area contributed by atoms with E-state index in [0.29, 0.717) is 0 Å². The van der Waals surface area contributed by atoms with Crippen LogP contribution in [-0.2, 0) is 18.0 Å². The molecule has 1 unspecified atom stereocenters. The standard InChI is InChI=1S/CH5ClO7P2.CH4O.Ba.2H/c2-1-8-11(6,7)9-10(3,4)5;1-2;;;/h1H2,(H,6,7)(H2,3,4,5);2H,1H3;;;. The Hall–Kier alpha value is 2.08. The molecule has 0 amide bonds. The first-order chi connectivity index (χ1) is 5.77. The number of halogens is 1. The molecule has 0 fully saturated rings. The number of hydrogen-bond donors (Lipinski definition) is 4. The molecule has 0 aromatic rings. The third kappa shape index (κ3) is 16.5. The molecule has 12 heteroatoms. The summed E-state index contributed by atoms with van der Waals surface area (Å²) in [6.45, 7) is 0. The molecule has 0 aromatic heterocycles. The average Bonchev–Trinajstić information content (AvgIpc) is 1.85. The van der Waals surface area contributed by atoms with Crippen molar-refractivity contribution in [2.24, 2.45) is 0 Å². The van der Waals surface area contributed by atoms with Crippen LogP contribution in [-0.4, -0.2) is 81.8 Å². The molecular formula is C2H11BaClO8P2. The summed E-state index contributed by atoms with van der Waals surface area (Å²) in [6.07, 6.45) is 0. The summed E-state index contributed by atoms with van der Waals surface area (Å²) in [6, 6.07) is -0.701. The van der Waals surface area contributed by atoms with Crippen LogP contribution < -0.4 is 0 Å². The van der Waals surface area contributed by atoms with Crippen molar-refractivity contribution in [3.05, 3.63) is 0 Å². The van der Waals surface area contributed by atoms with Gasteiger partial charge in [-0.15, -0.1) is 0 Å². The minimum atomic E-state index is -5.01. The Kier molecular flexibility index (Phi) is 15.6. The number of phosphoric acid groups is 2. The van der Waals surface area contributed by atoms with Crippen LogP contribution in [0.1, 0.15) is 0 Å². The van der Waals surface area contributed by atoms with Gasteiger partial charge in [0.2, 0.25) is 0 Å². The van der Waals surface area contributed by atoms with Gasteiger partial charge in [0.25, 0.3) is 0 Å². The van der Waals surface area contributed by atoms with E-state index in [9.17, 15) is 9.13 Å². The molecule has 0 saturated heterocycles. The van der Waals surface area contributed by atoms with E-state index in [1.165, 1.54) is 0 Å². The summed E-state index contributed by atoms with van der Waals surface area (Å²) in [5, 5.41) is 7.00. The topological polar surface area (TPSA) is 134 Å². The second-order valence-corrected chi connectivity index (χ2v) is 4.33. The van der Waals surface area contributed by atoms with Crippen LogP contribution in [0.15, 0.2) is 0 Å². The maximum absolute atomic E-state index is 10.4. The van der Waals surface area contributed by atoms with Crippen molar-refractivity contribution in [2.45, 2.75) is 0 Å². The van der Waals surface area contributed by atoms with Gasteiger partial charge in [-0.1, -0.05) is 11.6 Å². The van der Waals surface area contributed by atoms with E-state index in [-0.39, 0.29) is 48.9 Å². The number of aliphatic hydroxyl groups is 1. The third-order valence-corrected chi connectivity index (χ3v) is 2.81. The quantitative estimate of drug-likeness (QED) is 0.272. The molecule has 0 aliphatic carbocycles. The molecule has 86 valence electrons. The molecule has 0 aliphatic rings. The van der Waals surface area contributed by atoms with Gasteiger partial charge in [0.05, 0.1) is 0 Å². The first-order valence-corrected chi connectivity index (χ1v) is 6.08. The summed E-state index contributed by atoms with van der Waals surface area (Å²) in [5.41, 5.74) is 0. The van der Waals surface area contributed by atoms with Gasteiger partial charge in [-0.25, -0.2) is 9.13 Å². The van der Waals surface area contributed by atoms with E-state index in [1.54, 1.807) is 0 Å². The molecular weight excluding hydrogens is 387 g/mol. The van der Waals surface area contributed by atoms with Gasteiger partial charge < -0.3 is 19.8 Å². The second-order valence-electron chi connectivity index (χ2n) is 1.28. The van der Waals surface area contributed by atoms with Gasteiger partial charge in [0.1, 0.15) is 6.07 Å². The average molecular weight is 398 g/mol. The predicted molar refractivity (Wildman–Crippen MR) is 51.4 cm³/mol. The van der Waals surface area contributed by atoms with Crippen molar-refractivity contribution in [1.29, 1.82) is 0 Å². The van der Waals surface area contributed by atoms with E-state index in [0.717, 1.165) is 7.11 Å². The number of phosphoric ester groups is 1. The van der Waals surface area contributed by atoms with Crippen molar-refractivity contribution in [1.82, 2.24) is 0 Å². The molecule has 14 heavy (non-hydrogen) atoms. The second kappa shape index (κ2) is 10.2. The van der Waals surface area contributed by atoms with Crippen LogP contribution in [0.3, 0.4) is 0 Å². The first kappa shape index (κ1) is 21.4. The van der Waals surface area contributed by atoms with Gasteiger partial charge >= 0.3 is 64.5 Å². The van der Waals surface area contributed by atoms with Crippen molar-refractivity contribution < 1.29 is 37.8 Å². The Morgan fingerprint density at radius 1 is 1.21 bits per heavy atom. The van der Waals surface area contributed by atoms with Crippen molar-refractivity contribution in [2.75, 3.05) is 13.2 Å². The van der Waals surface area contributed by atoms with Crippen LogP contribution in [0.2, 0.25) is 0 Å². The monoisotopic (exact) mass is 398 g/mol. The molecule has 0 spiro atoms. The number of aliphatic hydroxyl groups excluding tert-OH is 1. The van der Waals surface area contributed by atoms with Crippen molar-refractivity contribution >= 4 is 76.1 Å². The Morgan fingerprint density at radius 2 is 1.57 bits per heavy atom. The Bertz CT molecular complexity index is 215. The first-order valence-electron chi connectivity index (χ1n) is 2.52. The molecule has 8 nitrogen and oxygen atoms in total. The zero-order valence-electron chi connectivity index (χ0n) is 6.40. The van der Waals surface area contributed by atoms with Crippen molar-refractivity contribution in [3.8, 4) is 0 Å². The molecule has 4 N–H and O–H groups in total. The molecule has 1 atom stereocenters. The minimum absolute atomic E-state index is 0. The molecule has 0 heterocycles. The van der Waals surface area contributed by atoms with E-state index in [2.05, 4.69) is 8.83 Å². The van der Waals surface area contributed by atoms with Gasteiger partial charge in [-0.2, -0.15) is 4.31 Å². The maximum atomic E-state index is 10.4. The van der Waals surface area contributed by atoms with Crippen LogP contribution in [0, 0.1) is 0 Å². The normalized spacial score (nSPS) is 14.4. The summed E-state index contributed by atoms with van der Waals surface area (Å²) in [4.78, 5) is 24.4. The van der Waals surface area contributed by atoms with Crippen LogP contribution >= 0.6 is 27.2 Å². The summed E-state index contributed by atoms with van der Waals surface area (Å²) in [7, 11) is -8.72. The Labute approximate surface area is 125 Å². The van der Waals surface area contributed by atoms with Gasteiger partial charge in [0.15, 0.2) is 0 Å². The van der Waals surface area contributed by atoms with Crippen molar-refractivity contribution in [3.63, 3.8) is 0 Å². The van der Waals surface area contributed by atoms with Crippen LogP contribution in [0.25, 0.3) is 0 Å². The van der Waals surface area contributed by atoms with E-state index in [1.807, 2.05) is 0 Å². The molecule has 0 rings (SSSR count). The zero-order valence-corrected chi connectivity index (χ0v) is 8.95. The predicted octanol–water partition coefficient (Wildman–Crippen LogP) is -0.899. The number of alkyl halides is 1. The number of hydrogen-bond acceptors (Lipinski definition) is 5. The molecule has 0 saturated carbocycles. The number of rotatable bonds is 4. The van der Waals surface area contributed by atoms with Gasteiger partial charge in [-0.3, -0.25) is 4.52 Å². The Balaban J connectivity index is -0.000000376. The summed E-state index contributed by atoms with van der Waals surface area (Å²) >= 11 is 4.83. The SMILES string of the molecule is CO.O=P(O)(O)OP(=O)(O)OCCl.[BaH2]. The van der Waals surface area contributed by atoms with E-state index < -0.39 is 21.7 Å². The Morgan fingerprint density at radius 3 is 1.79 bits per heavy atom.